The number of amides is 5. The first kappa shape index (κ1) is 94.8. The molecule has 5 N–H and O–H groups in total. The van der Waals surface area contributed by atoms with Gasteiger partial charge in [-0.05, 0) is 167 Å². The molecule has 7 heterocycles. The van der Waals surface area contributed by atoms with Gasteiger partial charge in [0, 0.05) is 92.4 Å². The number of nitrogens with one attached hydrogen (secondary N) is 4. The van der Waals surface area contributed by atoms with Crippen molar-refractivity contribution >= 4 is 29.5 Å². The zero-order chi connectivity index (χ0) is 88.0. The lowest BCUT2D eigenvalue weighted by Crippen LogP contribution is -2.48. The van der Waals surface area contributed by atoms with Crippen molar-refractivity contribution in [3.63, 3.8) is 0 Å². The quantitative estimate of drug-likeness (QED) is 0.0299. The van der Waals surface area contributed by atoms with Crippen LogP contribution in [0, 0.1) is 44.9 Å². The van der Waals surface area contributed by atoms with Crippen LogP contribution in [0.2, 0.25) is 0 Å². The Labute approximate surface area is 700 Å². The molecule has 1 aliphatic rings. The summed E-state index contributed by atoms with van der Waals surface area (Å²) in [5.41, 5.74) is 4.81. The van der Waals surface area contributed by atoms with Crippen LogP contribution in [0.25, 0.3) is 0 Å². The number of pyridine rings is 5. The Morgan fingerprint density at radius 3 is 0.967 bits per heavy atom. The highest BCUT2D eigenvalue weighted by Crippen LogP contribution is 2.28. The van der Waals surface area contributed by atoms with Gasteiger partial charge >= 0.3 is 0 Å². The average Bonchev–Trinajstić information content (AvgIpc) is 0.846. The van der Waals surface area contributed by atoms with E-state index in [9.17, 15) is 46.6 Å². The second-order valence-electron chi connectivity index (χ2n) is 33.0. The first-order valence-electron chi connectivity index (χ1n) is 39.0. The van der Waals surface area contributed by atoms with Crippen LogP contribution < -0.4 is 45.0 Å². The number of hydrogen-bond acceptors (Lipinski definition) is 19. The van der Waals surface area contributed by atoms with Gasteiger partial charge in [-0.1, -0.05) is 93.5 Å². The number of carbonyl (C=O) groups is 5. The van der Waals surface area contributed by atoms with E-state index < -0.39 is 11.6 Å². The topological polar surface area (TPSA) is 303 Å². The smallest absolute Gasteiger partial charge is 0.255 e. The number of rotatable bonds is 27. The minimum Gasteiger partial charge on any atom is -0.487 e. The zero-order valence-electron chi connectivity index (χ0n) is 71.1. The Morgan fingerprint density at radius 2 is 0.708 bits per heavy atom. The summed E-state index contributed by atoms with van der Waals surface area (Å²) in [4.78, 5) is 91.8. The Morgan fingerprint density at radius 1 is 0.417 bits per heavy atom. The minimum absolute atomic E-state index is 0.00340. The average molecular weight is 1650 g/mol. The lowest BCUT2D eigenvalue weighted by molar-refractivity contribution is -0.0978. The molecule has 6 aromatic heterocycles. The van der Waals surface area contributed by atoms with Gasteiger partial charge in [-0.3, -0.25) is 48.9 Å². The maximum atomic E-state index is 13.1. The largest absolute Gasteiger partial charge is 0.487 e. The molecule has 0 spiro atoms. The molecule has 0 bridgehead atoms. The van der Waals surface area contributed by atoms with Crippen LogP contribution in [0.4, 0.5) is 17.6 Å². The number of ether oxygens (including phenoxy) is 6. The van der Waals surface area contributed by atoms with Crippen LogP contribution >= 0.6 is 0 Å². The van der Waals surface area contributed by atoms with E-state index in [0.29, 0.717) is 106 Å². The molecule has 1 unspecified atom stereocenters. The van der Waals surface area contributed by atoms with E-state index >= 15 is 0 Å². The molecule has 0 radical (unpaired) electrons. The van der Waals surface area contributed by atoms with Crippen molar-refractivity contribution in [2.24, 2.45) is 21.7 Å². The molecule has 120 heavy (non-hydrogen) atoms. The van der Waals surface area contributed by atoms with Crippen LogP contribution in [0.15, 0.2) is 207 Å². The fourth-order valence-corrected chi connectivity index (χ4v) is 9.94. The molecule has 0 saturated carbocycles. The SMILES string of the molecule is CC(NC(=O)c1ccc(COc2cccc(F)c2)nc1)C(C)(C)O.CC1(CNC(=O)c2ccc(COc3cccc(F)c3)nc2)COC1.C[C@@H](N(C)C(=O)c1ccc(COc2cccc(F)c2)nc1)C(C)(C)C.C[C@@H](NC(=O)c1ccc(COc2cncnc2)nc1)C(C)(C)C.C[C@H](NC(=O)c1ccc(COc2cccc(F)c2)nc1)C(C)(C)C. The Bertz CT molecular complexity index is 4770. The maximum Gasteiger partial charge on any atom is 0.255 e. The van der Waals surface area contributed by atoms with E-state index in [2.05, 4.69) is 125 Å². The summed E-state index contributed by atoms with van der Waals surface area (Å²) in [7, 11) is 1.80. The van der Waals surface area contributed by atoms with Crippen molar-refractivity contribution in [2.45, 2.75) is 174 Å². The highest BCUT2D eigenvalue weighted by molar-refractivity contribution is 5.96. The molecule has 10 aromatic rings. The summed E-state index contributed by atoms with van der Waals surface area (Å²) in [6.07, 6.45) is 12.2. The molecule has 638 valence electrons. The number of aliphatic hydroxyl groups is 1. The Balaban J connectivity index is 0.000000207. The van der Waals surface area contributed by atoms with Gasteiger partial charge in [-0.2, -0.15) is 0 Å². The zero-order valence-corrected chi connectivity index (χ0v) is 71.1. The van der Waals surface area contributed by atoms with Crippen LogP contribution in [-0.4, -0.2) is 131 Å². The summed E-state index contributed by atoms with van der Waals surface area (Å²) in [6, 6.07) is 40.7. The highest BCUT2D eigenvalue weighted by Gasteiger charge is 2.34. The first-order valence-corrected chi connectivity index (χ1v) is 39.0. The number of hydrogen-bond donors (Lipinski definition) is 5. The van der Waals surface area contributed by atoms with E-state index in [1.54, 1.807) is 167 Å². The second kappa shape index (κ2) is 44.5. The molecular formula is C92H110F4N12O12. The summed E-state index contributed by atoms with van der Waals surface area (Å²) in [6.45, 7) is 34.9. The van der Waals surface area contributed by atoms with Crippen molar-refractivity contribution < 1.29 is 75.1 Å². The third kappa shape index (κ3) is 32.5. The highest BCUT2D eigenvalue weighted by atomic mass is 19.1. The Kier molecular flexibility index (Phi) is 35.2. The summed E-state index contributed by atoms with van der Waals surface area (Å²) in [5, 5.41) is 21.4. The van der Waals surface area contributed by atoms with Gasteiger partial charge in [0.15, 0.2) is 5.75 Å². The summed E-state index contributed by atoms with van der Waals surface area (Å²) >= 11 is 0. The Hall–Kier alpha value is -12.3. The lowest BCUT2D eigenvalue weighted by Gasteiger charge is -2.38. The van der Waals surface area contributed by atoms with E-state index in [1.807, 2.05) is 20.8 Å². The van der Waals surface area contributed by atoms with Gasteiger partial charge in [-0.15, -0.1) is 0 Å². The van der Waals surface area contributed by atoms with Crippen molar-refractivity contribution in [3.8, 4) is 28.7 Å². The summed E-state index contributed by atoms with van der Waals surface area (Å²) in [5.74, 6) is 0.108. The molecule has 4 atom stereocenters. The molecule has 4 aromatic carbocycles. The third-order valence-electron chi connectivity index (χ3n) is 19.5. The third-order valence-corrected chi connectivity index (χ3v) is 19.5. The second-order valence-corrected chi connectivity index (χ2v) is 33.0. The monoisotopic (exact) mass is 1650 g/mol. The predicted octanol–water partition coefficient (Wildman–Crippen LogP) is 16.1. The van der Waals surface area contributed by atoms with Gasteiger partial charge in [0.1, 0.15) is 85.6 Å². The normalized spacial score (nSPS) is 13.1. The van der Waals surface area contributed by atoms with Gasteiger partial charge in [0.2, 0.25) is 0 Å². The van der Waals surface area contributed by atoms with Crippen LogP contribution in [-0.2, 0) is 37.8 Å². The number of benzene rings is 4. The predicted molar refractivity (Wildman–Crippen MR) is 449 cm³/mol. The van der Waals surface area contributed by atoms with Crippen molar-refractivity contribution in [1.29, 1.82) is 0 Å². The van der Waals surface area contributed by atoms with Crippen molar-refractivity contribution in [1.82, 2.24) is 61.1 Å². The molecular weight excluding hydrogens is 1540 g/mol. The van der Waals surface area contributed by atoms with Crippen molar-refractivity contribution in [2.75, 3.05) is 26.8 Å². The van der Waals surface area contributed by atoms with Gasteiger partial charge in [0.05, 0.1) is 93.5 Å². The lowest BCUT2D eigenvalue weighted by atomic mass is 9.87. The fraction of sp³-hybridized carbons (Fsp3) is 0.370. The number of nitrogens with zero attached hydrogens (tertiary/aromatic N) is 8. The van der Waals surface area contributed by atoms with Gasteiger partial charge in [-0.25, -0.2) is 27.5 Å². The molecule has 1 saturated heterocycles. The summed E-state index contributed by atoms with van der Waals surface area (Å²) < 4.78 is 84.9. The van der Waals surface area contributed by atoms with E-state index in [-0.39, 0.29) is 119 Å². The van der Waals surface area contributed by atoms with E-state index in [0.717, 1.165) is 5.69 Å². The van der Waals surface area contributed by atoms with Crippen LogP contribution in [0.1, 0.15) is 191 Å². The number of aromatic nitrogens is 7. The fourth-order valence-electron chi connectivity index (χ4n) is 9.94. The molecule has 28 heteroatoms. The van der Waals surface area contributed by atoms with E-state index in [1.165, 1.54) is 73.4 Å². The molecule has 24 nitrogen and oxygen atoms in total. The van der Waals surface area contributed by atoms with E-state index in [4.69, 9.17) is 28.4 Å². The van der Waals surface area contributed by atoms with Crippen molar-refractivity contribution in [3.05, 3.63) is 287 Å². The number of carbonyl (C=O) groups excluding carboxylic acids is 5. The van der Waals surface area contributed by atoms with Crippen LogP contribution in [0.5, 0.6) is 28.7 Å². The molecule has 1 fully saturated rings. The molecule has 1 aliphatic heterocycles. The molecule has 0 aliphatic carbocycles. The molecule has 11 rings (SSSR count). The minimum atomic E-state index is -1.01. The van der Waals surface area contributed by atoms with Gasteiger partial charge in [0.25, 0.3) is 29.5 Å². The maximum absolute atomic E-state index is 13.1. The first-order chi connectivity index (χ1) is 56.6. The molecule has 5 amide bonds. The standard InChI is InChI=1S/C20H25FN2O2.C19H23FN2O2.C18H19FN2O3.C18H21FN2O3.C17H22N4O2/c1-14(20(2,3)4)23(5)19(24)15-9-10-17(22-12-15)13-25-18-8-6-7-16(21)11-18;1-13(19(2,3)4)22-18(23)14-8-9-16(21-11-14)12-24-17-7-5-6-15(20)10-17;1-18(11-23-12-18)10-21-17(22)13-5-6-15(20-8-13)9-24-16-4-2-3-14(19)7-16;1-12(18(2,3)23)21-17(22)13-7-8-15(20-10-13)11-24-16-6-4-5-14(19)9-16;1-12(17(2,3)4)21-16(22)13-5-6-14(20-7-13)10-23-15-8-18-11-19-9-15/h6-12,14H,13H2,1-5H3;5-11,13H,12H2,1-4H3,(H,22,23);2-8H,9-12H2,1H3,(H,21,22);4-10,12,23H,11H2,1-3H3,(H,21,22);5-9,11-12H,10H2,1-4H3,(H,21,22)/t14-;13-;;;12-/m10..1/s1. The number of halogens is 4. The van der Waals surface area contributed by atoms with Crippen LogP contribution in [0.3, 0.4) is 0 Å². The van der Waals surface area contributed by atoms with Gasteiger partial charge < -0.3 is 59.7 Å².